The SMILES string of the molecule is O=C(O)c1cc(C(=O)c2ccc3ccc4c(O)ccc5ccc2c3c54)c(C(=O)O)cc1C(=O)c1ccc2ccc3c(O)ccc4ccc1c2c43. The van der Waals surface area contributed by atoms with Gasteiger partial charge >= 0.3 is 11.9 Å². The minimum atomic E-state index is -1.51. The molecule has 0 bridgehead atoms. The van der Waals surface area contributed by atoms with Gasteiger partial charge in [-0.05, 0) is 79.5 Å². The molecule has 9 rings (SSSR count). The lowest BCUT2D eigenvalue weighted by atomic mass is 9.85. The Morgan fingerprint density at radius 2 is 0.640 bits per heavy atom. The molecule has 4 N–H and O–H groups in total. The van der Waals surface area contributed by atoms with Crippen LogP contribution in [0, 0.1) is 0 Å². The van der Waals surface area contributed by atoms with Crippen LogP contribution in [0.3, 0.4) is 0 Å². The summed E-state index contributed by atoms with van der Waals surface area (Å²) in [5.74, 6) is -4.32. The van der Waals surface area contributed by atoms with Crippen molar-refractivity contribution in [2.45, 2.75) is 0 Å². The summed E-state index contributed by atoms with van der Waals surface area (Å²) in [7, 11) is 0. The fourth-order valence-electron chi connectivity index (χ4n) is 7.59. The summed E-state index contributed by atoms with van der Waals surface area (Å²) < 4.78 is 0. The predicted molar refractivity (Wildman–Crippen MR) is 191 cm³/mol. The molecule has 8 heteroatoms. The number of ketones is 2. The highest BCUT2D eigenvalue weighted by Gasteiger charge is 2.29. The molecule has 0 radical (unpaired) electrons. The summed E-state index contributed by atoms with van der Waals surface area (Å²) in [6.07, 6.45) is 0. The van der Waals surface area contributed by atoms with E-state index in [0.29, 0.717) is 32.3 Å². The van der Waals surface area contributed by atoms with Gasteiger partial charge in [0.25, 0.3) is 0 Å². The second-order valence-corrected chi connectivity index (χ2v) is 12.5. The first-order valence-corrected chi connectivity index (χ1v) is 15.7. The Balaban J connectivity index is 1.24. The summed E-state index contributed by atoms with van der Waals surface area (Å²) >= 11 is 0. The van der Waals surface area contributed by atoms with Crippen molar-refractivity contribution in [2.24, 2.45) is 0 Å². The smallest absolute Gasteiger partial charge is 0.336 e. The quantitative estimate of drug-likeness (QED) is 0.103. The number of benzene rings is 9. The zero-order valence-corrected chi connectivity index (χ0v) is 25.8. The van der Waals surface area contributed by atoms with Crippen molar-refractivity contribution in [1.82, 2.24) is 0 Å². The third-order valence-corrected chi connectivity index (χ3v) is 9.88. The van der Waals surface area contributed by atoms with Crippen molar-refractivity contribution in [1.29, 1.82) is 0 Å². The van der Waals surface area contributed by atoms with Gasteiger partial charge in [0.2, 0.25) is 0 Å². The maximum Gasteiger partial charge on any atom is 0.336 e. The van der Waals surface area contributed by atoms with Gasteiger partial charge in [0.05, 0.1) is 11.1 Å². The number of phenols is 2. The van der Waals surface area contributed by atoms with E-state index in [-0.39, 0.29) is 33.8 Å². The number of hydrogen-bond acceptors (Lipinski definition) is 6. The lowest BCUT2D eigenvalue weighted by Crippen LogP contribution is -2.17. The average molecular weight is 655 g/mol. The zero-order chi connectivity index (χ0) is 34.6. The standard InChI is InChI=1S/C42H22O8/c43-33-15-7-21-1-9-23-25(11-3-19-5-13-27(33)37(21)35(19)23)39(45)29-17-32(42(49)50)30(18-31(29)41(47)48)40(46)26-12-4-20-6-14-28-34(44)16-8-22-2-10-24(26)36(20)38(22)28/h1-18,43-44H,(H,47,48)(H,49,50). The average Bonchev–Trinajstić information content (AvgIpc) is 3.13. The molecule has 0 aliphatic rings. The van der Waals surface area contributed by atoms with E-state index < -0.39 is 34.6 Å². The molecule has 0 saturated carbocycles. The van der Waals surface area contributed by atoms with Crippen LogP contribution in [0.5, 0.6) is 11.5 Å². The minimum absolute atomic E-state index is 0.0750. The van der Waals surface area contributed by atoms with Crippen LogP contribution in [0.25, 0.3) is 64.6 Å². The molecule has 0 aliphatic carbocycles. The first kappa shape index (κ1) is 29.1. The molecule has 0 amide bonds. The van der Waals surface area contributed by atoms with Crippen LogP contribution in [-0.2, 0) is 0 Å². The van der Waals surface area contributed by atoms with Crippen LogP contribution in [-0.4, -0.2) is 43.9 Å². The number of carbonyl (C=O) groups excluding carboxylic acids is 2. The van der Waals surface area contributed by atoms with E-state index in [1.165, 1.54) is 0 Å². The second kappa shape index (κ2) is 10.2. The van der Waals surface area contributed by atoms with E-state index in [1.807, 2.05) is 12.1 Å². The van der Waals surface area contributed by atoms with E-state index in [9.17, 15) is 39.6 Å². The highest BCUT2D eigenvalue weighted by molar-refractivity contribution is 6.32. The highest BCUT2D eigenvalue weighted by atomic mass is 16.4. The van der Waals surface area contributed by atoms with Crippen molar-refractivity contribution in [3.8, 4) is 11.5 Å². The first-order chi connectivity index (χ1) is 24.1. The largest absolute Gasteiger partial charge is 0.507 e. The van der Waals surface area contributed by atoms with Crippen LogP contribution in [0.1, 0.15) is 52.6 Å². The first-order valence-electron chi connectivity index (χ1n) is 15.7. The van der Waals surface area contributed by atoms with Gasteiger partial charge in [0.1, 0.15) is 11.5 Å². The van der Waals surface area contributed by atoms with Crippen LogP contribution in [0.4, 0.5) is 0 Å². The maximum atomic E-state index is 14.3. The van der Waals surface area contributed by atoms with Crippen molar-refractivity contribution in [3.63, 3.8) is 0 Å². The number of aromatic carboxylic acids is 2. The fraction of sp³-hybridized carbons (Fsp3) is 0. The van der Waals surface area contributed by atoms with E-state index in [0.717, 1.165) is 44.5 Å². The van der Waals surface area contributed by atoms with E-state index in [4.69, 9.17) is 0 Å². The monoisotopic (exact) mass is 654 g/mol. The van der Waals surface area contributed by atoms with Crippen LogP contribution >= 0.6 is 0 Å². The van der Waals surface area contributed by atoms with E-state index in [1.54, 1.807) is 84.9 Å². The molecular weight excluding hydrogens is 632 g/mol. The Bertz CT molecular complexity index is 2790. The number of phenolic OH excluding ortho intramolecular Hbond substituents is 2. The van der Waals surface area contributed by atoms with Gasteiger partial charge in [-0.25, -0.2) is 9.59 Å². The molecule has 8 nitrogen and oxygen atoms in total. The van der Waals surface area contributed by atoms with Crippen molar-refractivity contribution >= 4 is 88.1 Å². The summed E-state index contributed by atoms with van der Waals surface area (Å²) in [6, 6.07) is 29.6. The van der Waals surface area contributed by atoms with E-state index in [2.05, 4.69) is 0 Å². The van der Waals surface area contributed by atoms with Crippen molar-refractivity contribution in [2.75, 3.05) is 0 Å². The number of rotatable bonds is 6. The van der Waals surface area contributed by atoms with Crippen molar-refractivity contribution < 1.29 is 39.6 Å². The fourth-order valence-corrected chi connectivity index (χ4v) is 7.59. The normalized spacial score (nSPS) is 11.8. The molecule has 0 atom stereocenters. The van der Waals surface area contributed by atoms with Crippen LogP contribution in [0.2, 0.25) is 0 Å². The molecule has 238 valence electrons. The summed E-state index contributed by atoms with van der Waals surface area (Å²) in [5.41, 5.74) is -1.51. The molecule has 0 spiro atoms. The maximum absolute atomic E-state index is 14.3. The summed E-state index contributed by atoms with van der Waals surface area (Å²) in [4.78, 5) is 54.1. The molecule has 50 heavy (non-hydrogen) atoms. The molecule has 0 aliphatic heterocycles. The van der Waals surface area contributed by atoms with Gasteiger partial charge in [-0.15, -0.1) is 0 Å². The molecule has 0 saturated heterocycles. The van der Waals surface area contributed by atoms with Gasteiger partial charge in [0, 0.05) is 43.8 Å². The number of carbonyl (C=O) groups is 4. The van der Waals surface area contributed by atoms with Crippen LogP contribution < -0.4 is 0 Å². The predicted octanol–water partition coefficient (Wildman–Crippen LogP) is 8.75. The summed E-state index contributed by atoms with van der Waals surface area (Å²) in [5, 5.41) is 50.2. The van der Waals surface area contributed by atoms with Gasteiger partial charge in [-0.2, -0.15) is 0 Å². The number of aromatic hydroxyl groups is 2. The minimum Gasteiger partial charge on any atom is -0.507 e. The number of hydrogen-bond donors (Lipinski definition) is 4. The number of carboxylic acid groups (broad SMARTS) is 2. The Kier molecular flexibility index (Phi) is 5.95. The van der Waals surface area contributed by atoms with E-state index >= 15 is 0 Å². The van der Waals surface area contributed by atoms with Gasteiger partial charge in [-0.3, -0.25) is 9.59 Å². The van der Waals surface area contributed by atoms with Crippen LogP contribution in [0.15, 0.2) is 109 Å². The van der Waals surface area contributed by atoms with Crippen molar-refractivity contribution in [3.05, 3.63) is 143 Å². The lowest BCUT2D eigenvalue weighted by Gasteiger charge is -2.17. The lowest BCUT2D eigenvalue weighted by molar-refractivity contribution is 0.0677. The topological polar surface area (TPSA) is 149 Å². The second-order valence-electron chi connectivity index (χ2n) is 12.5. The third-order valence-electron chi connectivity index (χ3n) is 9.88. The molecule has 9 aromatic carbocycles. The van der Waals surface area contributed by atoms with Gasteiger partial charge in [0.15, 0.2) is 11.6 Å². The molecule has 0 unspecified atom stereocenters. The molecule has 0 fully saturated rings. The van der Waals surface area contributed by atoms with Gasteiger partial charge in [-0.1, -0.05) is 72.8 Å². The Labute approximate surface area is 281 Å². The highest BCUT2D eigenvalue weighted by Crippen LogP contribution is 2.42. The summed E-state index contributed by atoms with van der Waals surface area (Å²) in [6.45, 7) is 0. The Morgan fingerprint density at radius 1 is 0.340 bits per heavy atom. The van der Waals surface area contributed by atoms with Gasteiger partial charge < -0.3 is 20.4 Å². The molecule has 0 aromatic heterocycles. The zero-order valence-electron chi connectivity index (χ0n) is 25.8. The number of carboxylic acids is 2. The Morgan fingerprint density at radius 3 is 1.00 bits per heavy atom. The third kappa shape index (κ3) is 3.93. The molecule has 9 aromatic rings. The molecular formula is C42H22O8. The Hall–Kier alpha value is -7.06. The molecule has 0 heterocycles.